The Balaban J connectivity index is 1.52. The summed E-state index contributed by atoms with van der Waals surface area (Å²) in [5, 5.41) is 6.01. The summed E-state index contributed by atoms with van der Waals surface area (Å²) in [4.78, 5) is 19.1. The molecule has 1 heterocycles. The number of carbonyl (C=O) groups is 1. The Hall–Kier alpha value is -3.28. The van der Waals surface area contributed by atoms with Crippen LogP contribution in [0.1, 0.15) is 23.9 Å². The predicted molar refractivity (Wildman–Crippen MR) is 112 cm³/mol. The molecule has 6 heteroatoms. The standard InChI is InChI=1S/C22H27N5O/c1-26(19-12-7-4-8-13-19)16-9-14-24-22(28)25-20(18-10-5-3-6-11-18)21-23-15-17-27(21)2/h3-8,10-13,15,17,20H,9,14,16H2,1-2H3,(H2,24,25,28)/t20-/m1/s1. The highest BCUT2D eigenvalue weighted by molar-refractivity contribution is 5.74. The molecule has 0 aliphatic heterocycles. The van der Waals surface area contributed by atoms with Crippen LogP contribution in [-0.2, 0) is 7.05 Å². The van der Waals surface area contributed by atoms with Gasteiger partial charge in [0.2, 0.25) is 0 Å². The Morgan fingerprint density at radius 2 is 1.79 bits per heavy atom. The molecule has 2 N–H and O–H groups in total. The molecule has 0 saturated carbocycles. The highest BCUT2D eigenvalue weighted by Gasteiger charge is 2.20. The van der Waals surface area contributed by atoms with Crippen LogP contribution in [0.25, 0.3) is 0 Å². The summed E-state index contributed by atoms with van der Waals surface area (Å²) in [5.41, 5.74) is 2.17. The van der Waals surface area contributed by atoms with Gasteiger partial charge in [-0.1, -0.05) is 48.5 Å². The minimum atomic E-state index is -0.298. The summed E-state index contributed by atoms with van der Waals surface area (Å²) >= 11 is 0. The van der Waals surface area contributed by atoms with Crippen LogP contribution in [0.15, 0.2) is 73.1 Å². The van der Waals surface area contributed by atoms with Crippen molar-refractivity contribution in [2.45, 2.75) is 12.5 Å². The van der Waals surface area contributed by atoms with Crippen molar-refractivity contribution in [3.63, 3.8) is 0 Å². The number of aromatic nitrogens is 2. The molecule has 28 heavy (non-hydrogen) atoms. The fourth-order valence-corrected chi connectivity index (χ4v) is 3.11. The smallest absolute Gasteiger partial charge is 0.315 e. The van der Waals surface area contributed by atoms with E-state index in [0.717, 1.165) is 24.4 Å². The molecular weight excluding hydrogens is 350 g/mol. The highest BCUT2D eigenvalue weighted by Crippen LogP contribution is 2.19. The third-order valence-corrected chi connectivity index (χ3v) is 4.68. The van der Waals surface area contributed by atoms with Gasteiger partial charge in [-0.2, -0.15) is 0 Å². The van der Waals surface area contributed by atoms with Crippen molar-refractivity contribution in [1.29, 1.82) is 0 Å². The SMILES string of the molecule is CN(CCCNC(=O)N[C@H](c1ccccc1)c1nccn1C)c1ccccc1. The summed E-state index contributed by atoms with van der Waals surface area (Å²) in [6.45, 7) is 1.47. The van der Waals surface area contributed by atoms with E-state index in [1.807, 2.05) is 66.3 Å². The molecule has 6 nitrogen and oxygen atoms in total. The van der Waals surface area contributed by atoms with Crippen molar-refractivity contribution in [3.8, 4) is 0 Å². The fourth-order valence-electron chi connectivity index (χ4n) is 3.11. The van der Waals surface area contributed by atoms with E-state index >= 15 is 0 Å². The molecule has 0 fully saturated rings. The number of nitrogens with one attached hydrogen (secondary N) is 2. The van der Waals surface area contributed by atoms with E-state index in [0.29, 0.717) is 6.54 Å². The van der Waals surface area contributed by atoms with Gasteiger partial charge in [0.15, 0.2) is 0 Å². The zero-order valence-corrected chi connectivity index (χ0v) is 16.4. The van der Waals surface area contributed by atoms with Gasteiger partial charge in [0.25, 0.3) is 0 Å². The molecule has 2 amide bonds. The molecule has 2 aromatic carbocycles. The first-order valence-corrected chi connectivity index (χ1v) is 9.48. The van der Waals surface area contributed by atoms with Crippen LogP contribution in [0, 0.1) is 0 Å². The zero-order chi connectivity index (χ0) is 19.8. The van der Waals surface area contributed by atoms with Gasteiger partial charge in [0, 0.05) is 45.3 Å². The summed E-state index contributed by atoms with van der Waals surface area (Å²) in [6.07, 6.45) is 4.48. The highest BCUT2D eigenvalue weighted by atomic mass is 16.2. The lowest BCUT2D eigenvalue weighted by molar-refractivity contribution is 0.238. The van der Waals surface area contributed by atoms with E-state index in [4.69, 9.17) is 0 Å². The van der Waals surface area contributed by atoms with Gasteiger partial charge in [-0.3, -0.25) is 0 Å². The number of amides is 2. The molecule has 1 atom stereocenters. The quantitative estimate of drug-likeness (QED) is 0.592. The Labute approximate surface area is 166 Å². The Morgan fingerprint density at radius 3 is 2.43 bits per heavy atom. The van der Waals surface area contributed by atoms with Crippen molar-refractivity contribution in [2.24, 2.45) is 7.05 Å². The normalized spacial score (nSPS) is 11.6. The van der Waals surface area contributed by atoms with Crippen LogP contribution < -0.4 is 15.5 Å². The largest absolute Gasteiger partial charge is 0.375 e. The number of imidazole rings is 1. The maximum atomic E-state index is 12.5. The number of anilines is 1. The molecule has 0 aliphatic rings. The van der Waals surface area contributed by atoms with Crippen LogP contribution in [0.2, 0.25) is 0 Å². The van der Waals surface area contributed by atoms with Gasteiger partial charge in [0.1, 0.15) is 11.9 Å². The average Bonchev–Trinajstić information content (AvgIpc) is 3.16. The van der Waals surface area contributed by atoms with Gasteiger partial charge >= 0.3 is 6.03 Å². The van der Waals surface area contributed by atoms with Crippen molar-refractivity contribution in [1.82, 2.24) is 20.2 Å². The topological polar surface area (TPSA) is 62.2 Å². The Morgan fingerprint density at radius 1 is 1.11 bits per heavy atom. The first kappa shape index (κ1) is 19.5. The number of aryl methyl sites for hydroxylation is 1. The van der Waals surface area contributed by atoms with Crippen LogP contribution in [0.4, 0.5) is 10.5 Å². The molecule has 0 saturated heterocycles. The number of benzene rings is 2. The fraction of sp³-hybridized carbons (Fsp3) is 0.273. The summed E-state index contributed by atoms with van der Waals surface area (Å²) in [5.74, 6) is 0.796. The number of hydrogen-bond donors (Lipinski definition) is 2. The van der Waals surface area contributed by atoms with Gasteiger partial charge < -0.3 is 20.1 Å². The number of para-hydroxylation sites is 1. The second kappa shape index (κ2) is 9.60. The monoisotopic (exact) mass is 377 g/mol. The average molecular weight is 377 g/mol. The lowest BCUT2D eigenvalue weighted by Crippen LogP contribution is -2.40. The first-order valence-electron chi connectivity index (χ1n) is 9.48. The van der Waals surface area contributed by atoms with Crippen molar-refractivity contribution in [2.75, 3.05) is 25.0 Å². The zero-order valence-electron chi connectivity index (χ0n) is 16.4. The molecule has 3 aromatic rings. The number of nitrogens with zero attached hydrogens (tertiary/aromatic N) is 3. The van der Waals surface area contributed by atoms with Gasteiger partial charge in [-0.15, -0.1) is 0 Å². The van der Waals surface area contributed by atoms with Gasteiger partial charge in [-0.05, 0) is 24.1 Å². The van der Waals surface area contributed by atoms with E-state index in [2.05, 4.69) is 39.7 Å². The molecule has 0 bridgehead atoms. The molecule has 1 aromatic heterocycles. The van der Waals surface area contributed by atoms with Crippen LogP contribution in [0.3, 0.4) is 0 Å². The maximum absolute atomic E-state index is 12.5. The Bertz CT molecular complexity index is 863. The van der Waals surface area contributed by atoms with E-state index in [1.54, 1.807) is 6.20 Å². The van der Waals surface area contributed by atoms with Crippen LogP contribution in [0.5, 0.6) is 0 Å². The van der Waals surface area contributed by atoms with E-state index in [1.165, 1.54) is 5.69 Å². The van der Waals surface area contributed by atoms with Crippen molar-refractivity contribution in [3.05, 3.63) is 84.4 Å². The lowest BCUT2D eigenvalue weighted by Gasteiger charge is -2.21. The van der Waals surface area contributed by atoms with E-state index in [9.17, 15) is 4.79 Å². The van der Waals surface area contributed by atoms with Crippen LogP contribution in [-0.4, -0.2) is 35.7 Å². The third-order valence-electron chi connectivity index (χ3n) is 4.68. The first-order chi connectivity index (χ1) is 13.6. The van der Waals surface area contributed by atoms with Crippen molar-refractivity contribution >= 4 is 11.7 Å². The summed E-state index contributed by atoms with van der Waals surface area (Å²) < 4.78 is 1.92. The van der Waals surface area contributed by atoms with E-state index < -0.39 is 0 Å². The predicted octanol–water partition coefficient (Wildman–Crippen LogP) is 3.34. The minimum absolute atomic E-state index is 0.195. The molecule has 0 spiro atoms. The van der Waals surface area contributed by atoms with Crippen molar-refractivity contribution < 1.29 is 4.79 Å². The maximum Gasteiger partial charge on any atom is 0.315 e. The number of urea groups is 1. The third kappa shape index (κ3) is 5.13. The van der Waals surface area contributed by atoms with E-state index in [-0.39, 0.29) is 12.1 Å². The molecule has 0 radical (unpaired) electrons. The molecule has 0 unspecified atom stereocenters. The molecule has 146 valence electrons. The van der Waals surface area contributed by atoms with Gasteiger partial charge in [0.05, 0.1) is 0 Å². The van der Waals surface area contributed by atoms with Crippen LogP contribution >= 0.6 is 0 Å². The second-order valence-electron chi connectivity index (χ2n) is 6.75. The number of hydrogen-bond acceptors (Lipinski definition) is 3. The number of rotatable bonds is 8. The lowest BCUT2D eigenvalue weighted by atomic mass is 10.1. The summed E-state index contributed by atoms with van der Waals surface area (Å²) in [7, 11) is 3.99. The molecular formula is C22H27N5O. The van der Waals surface area contributed by atoms with Gasteiger partial charge in [-0.25, -0.2) is 9.78 Å². The summed E-state index contributed by atoms with van der Waals surface area (Å²) in [6, 6.07) is 19.6. The molecule has 3 rings (SSSR count). The number of carbonyl (C=O) groups excluding carboxylic acids is 1. The molecule has 0 aliphatic carbocycles. The Kier molecular flexibility index (Phi) is 6.68. The second-order valence-corrected chi connectivity index (χ2v) is 6.75. The minimum Gasteiger partial charge on any atom is -0.375 e.